The minimum atomic E-state index is -0.0710. The predicted molar refractivity (Wildman–Crippen MR) is 341 cm³/mol. The van der Waals surface area contributed by atoms with Crippen LogP contribution in [0.5, 0.6) is 0 Å². The van der Waals surface area contributed by atoms with Gasteiger partial charge in [-0.3, -0.25) is 0 Å². The summed E-state index contributed by atoms with van der Waals surface area (Å²) in [4.78, 5) is 5.39. The maximum absolute atomic E-state index is 6.56. The van der Waals surface area contributed by atoms with E-state index < -0.39 is 0 Å². The second-order valence-electron chi connectivity index (χ2n) is 27.4. The summed E-state index contributed by atoms with van der Waals surface area (Å²) >= 11 is 1.98. The van der Waals surface area contributed by atoms with Gasteiger partial charge in [-0.15, -0.1) is 11.3 Å². The van der Waals surface area contributed by atoms with Crippen LogP contribution in [0.3, 0.4) is 0 Å². The summed E-state index contributed by atoms with van der Waals surface area (Å²) in [5, 5.41) is 4.99. The van der Waals surface area contributed by atoms with E-state index in [4.69, 9.17) is 4.42 Å². The molecule has 0 saturated heterocycles. The van der Waals surface area contributed by atoms with E-state index in [1.54, 1.807) is 0 Å². The molecule has 9 aromatic carbocycles. The molecule has 15 rings (SSSR count). The van der Waals surface area contributed by atoms with Gasteiger partial charge in [0.15, 0.2) is 0 Å². The third kappa shape index (κ3) is 7.23. The van der Waals surface area contributed by atoms with E-state index in [-0.39, 0.29) is 33.8 Å². The van der Waals surface area contributed by atoms with Crippen LogP contribution in [0.2, 0.25) is 0 Å². The number of benzene rings is 9. The van der Waals surface area contributed by atoms with Crippen molar-refractivity contribution in [3.05, 3.63) is 198 Å². The fourth-order valence-corrected chi connectivity index (χ4v) is 15.8. The molecule has 0 atom stereocenters. The van der Waals surface area contributed by atoms with E-state index in [1.165, 1.54) is 128 Å². The van der Waals surface area contributed by atoms with Crippen LogP contribution in [0.15, 0.2) is 174 Å². The fourth-order valence-electron chi connectivity index (χ4n) is 14.7. The lowest BCUT2D eigenvalue weighted by Gasteiger charge is -2.48. The Hall–Kier alpha value is -7.34. The van der Waals surface area contributed by atoms with Crippen molar-refractivity contribution in [1.29, 1.82) is 0 Å². The number of fused-ring (bicyclic) bond motifs is 13. The van der Waals surface area contributed by atoms with Crippen molar-refractivity contribution in [2.75, 3.05) is 9.80 Å². The van der Waals surface area contributed by atoms with E-state index in [2.05, 4.69) is 256 Å². The Labute approximate surface area is 471 Å². The van der Waals surface area contributed by atoms with Crippen LogP contribution in [0, 0.1) is 0 Å². The molecule has 11 aromatic rings. The van der Waals surface area contributed by atoms with E-state index in [1.807, 2.05) is 11.3 Å². The molecule has 5 heteroatoms. The second kappa shape index (κ2) is 16.6. The van der Waals surface area contributed by atoms with Gasteiger partial charge >= 0.3 is 0 Å². The van der Waals surface area contributed by atoms with Crippen molar-refractivity contribution in [1.82, 2.24) is 0 Å². The molecule has 4 aliphatic rings. The highest BCUT2D eigenvalue weighted by Crippen LogP contribution is 2.56. The van der Waals surface area contributed by atoms with Gasteiger partial charge in [0.1, 0.15) is 11.2 Å². The summed E-state index contributed by atoms with van der Waals surface area (Å²) in [7, 11) is 0. The lowest BCUT2D eigenvalue weighted by atomic mass is 9.33. The molecular formula is C74H69BN2OS. The molecule has 0 spiro atoms. The molecule has 390 valence electrons. The lowest BCUT2D eigenvalue weighted by Crippen LogP contribution is -2.62. The maximum atomic E-state index is 6.56. The van der Waals surface area contributed by atoms with Gasteiger partial charge in [0.25, 0.3) is 6.71 Å². The topological polar surface area (TPSA) is 19.6 Å². The average molecular weight is 1050 g/mol. The van der Waals surface area contributed by atoms with E-state index in [0.29, 0.717) is 0 Å². The monoisotopic (exact) mass is 1040 g/mol. The van der Waals surface area contributed by atoms with Gasteiger partial charge < -0.3 is 14.2 Å². The zero-order chi connectivity index (χ0) is 54.3. The summed E-state index contributed by atoms with van der Waals surface area (Å²) in [6.07, 6.45) is 4.63. The molecule has 2 aliphatic heterocycles. The molecule has 0 bridgehead atoms. The minimum Gasteiger partial charge on any atom is -0.456 e. The number of nitrogens with zero attached hydrogens (tertiary/aromatic N) is 2. The first kappa shape index (κ1) is 48.8. The minimum absolute atomic E-state index is 0.00425. The van der Waals surface area contributed by atoms with Crippen LogP contribution in [0.4, 0.5) is 34.1 Å². The zero-order valence-corrected chi connectivity index (χ0v) is 48.6. The van der Waals surface area contributed by atoms with Crippen molar-refractivity contribution in [2.24, 2.45) is 0 Å². The highest BCUT2D eigenvalue weighted by atomic mass is 32.1. The first-order valence-corrected chi connectivity index (χ1v) is 29.8. The molecule has 4 heterocycles. The van der Waals surface area contributed by atoms with E-state index in [0.717, 1.165) is 40.5 Å². The summed E-state index contributed by atoms with van der Waals surface area (Å²) in [6.45, 7) is 26.8. The van der Waals surface area contributed by atoms with Crippen LogP contribution in [0.1, 0.15) is 130 Å². The van der Waals surface area contributed by atoms with Gasteiger partial charge in [0, 0.05) is 59.3 Å². The molecule has 0 saturated carbocycles. The van der Waals surface area contributed by atoms with Crippen molar-refractivity contribution in [3.63, 3.8) is 0 Å². The summed E-state index contributed by atoms with van der Waals surface area (Å²) < 4.78 is 9.27. The highest BCUT2D eigenvalue weighted by Gasteiger charge is 2.48. The molecule has 0 unspecified atom stereocenters. The molecule has 0 N–H and O–H groups in total. The average Bonchev–Trinajstić information content (AvgIpc) is 2.50. The predicted octanol–water partition coefficient (Wildman–Crippen LogP) is 19.4. The van der Waals surface area contributed by atoms with Crippen molar-refractivity contribution in [3.8, 4) is 22.3 Å². The zero-order valence-electron chi connectivity index (χ0n) is 47.8. The molecule has 2 aliphatic carbocycles. The van der Waals surface area contributed by atoms with E-state index >= 15 is 0 Å². The summed E-state index contributed by atoms with van der Waals surface area (Å²) in [5.74, 6) is 0. The number of anilines is 6. The SMILES string of the molecule is CC(C)(C)c1ccc(N2c3cc(-c4ccccc4)cc4c3B(c3cc5c(cc3N4c3ccc4oc6ccccc6c4c3)C(C)(C)CCC5(C)C)c3ccc4sc5cc6c(cc5c4c32)C(C)(C)CCC6(C)C)c(-c2ccccc2)c1. The van der Waals surface area contributed by atoms with E-state index in [9.17, 15) is 0 Å². The largest absolute Gasteiger partial charge is 0.456 e. The van der Waals surface area contributed by atoms with Gasteiger partial charge in [0.2, 0.25) is 0 Å². The molecule has 2 aromatic heterocycles. The van der Waals surface area contributed by atoms with Crippen molar-refractivity contribution < 1.29 is 4.42 Å². The number of hydrogen-bond donors (Lipinski definition) is 0. The Kier molecular flexibility index (Phi) is 10.3. The summed E-state index contributed by atoms with van der Waals surface area (Å²) in [5.41, 5.74) is 25.4. The molecule has 3 nitrogen and oxygen atoms in total. The van der Waals surface area contributed by atoms with Crippen LogP contribution < -0.4 is 26.2 Å². The Balaban J connectivity index is 1.13. The van der Waals surface area contributed by atoms with Gasteiger partial charge in [-0.25, -0.2) is 0 Å². The molecule has 79 heavy (non-hydrogen) atoms. The molecule has 0 amide bonds. The smallest absolute Gasteiger partial charge is 0.252 e. The number of furan rings is 1. The summed E-state index contributed by atoms with van der Waals surface area (Å²) in [6, 6.07) is 65.8. The van der Waals surface area contributed by atoms with Gasteiger partial charge in [-0.2, -0.15) is 0 Å². The molecular weight excluding hydrogens is 976 g/mol. The Morgan fingerprint density at radius 1 is 0.443 bits per heavy atom. The Morgan fingerprint density at radius 2 is 1.04 bits per heavy atom. The fraction of sp³-hybridized carbons (Fsp3) is 0.270. The second-order valence-corrected chi connectivity index (χ2v) is 28.5. The standard InChI is InChI=1S/C74H69BN2OS/c1-70(2,3)47-26-29-59(50(38-47)45-22-16-13-17-23-45)77-62-37-46(44-20-14-12-15-21-44)36-61-68(62)75(57-28-31-65-67(69(57)77)52-40-53-56(43-66(52)79-65)74(10,11)35-32-71(53,4)5)58-41-54-55(73(8,9)34-33-72(54,6)7)42-60(58)76(61)48-27-30-64-51(39-48)49-24-18-19-25-63(49)78-64/h12-31,36-43H,32-35H2,1-11H3. The third-order valence-corrected chi connectivity index (χ3v) is 20.6. The molecule has 0 fully saturated rings. The van der Waals surface area contributed by atoms with Crippen molar-refractivity contribution >= 4 is 111 Å². The normalized spacial score (nSPS) is 17.4. The number of rotatable bonds is 4. The first-order valence-electron chi connectivity index (χ1n) is 28.9. The van der Waals surface area contributed by atoms with Crippen LogP contribution in [-0.4, -0.2) is 6.71 Å². The number of hydrogen-bond acceptors (Lipinski definition) is 4. The van der Waals surface area contributed by atoms with Gasteiger partial charge in [0.05, 0.1) is 11.4 Å². The lowest BCUT2D eigenvalue weighted by molar-refractivity contribution is 0.332. The molecule has 0 radical (unpaired) electrons. The number of para-hydroxylation sites is 1. The Morgan fingerprint density at radius 3 is 1.72 bits per heavy atom. The third-order valence-electron chi connectivity index (χ3n) is 19.5. The van der Waals surface area contributed by atoms with Crippen LogP contribution in [0.25, 0.3) is 64.4 Å². The van der Waals surface area contributed by atoms with Crippen LogP contribution >= 0.6 is 11.3 Å². The highest BCUT2D eigenvalue weighted by molar-refractivity contribution is 7.26. The quantitative estimate of drug-likeness (QED) is 0.164. The maximum Gasteiger partial charge on any atom is 0.252 e. The van der Waals surface area contributed by atoms with Crippen LogP contribution in [-0.2, 0) is 27.1 Å². The number of thiophene rings is 1. The van der Waals surface area contributed by atoms with Gasteiger partial charge in [-0.1, -0.05) is 173 Å². The first-order chi connectivity index (χ1) is 37.8. The van der Waals surface area contributed by atoms with Crippen molar-refractivity contribution in [2.45, 2.75) is 129 Å². The Bertz CT molecular complexity index is 4370. The van der Waals surface area contributed by atoms with Gasteiger partial charge in [-0.05, 0) is 186 Å².